The zero-order valence-electron chi connectivity index (χ0n) is 25.2. The second-order valence-corrected chi connectivity index (χ2v) is 11.7. The molecule has 2 fully saturated rings. The number of hydrogen-bond acceptors (Lipinski definition) is 10. The molecular weight excluding hydrogens is 605 g/mol. The minimum absolute atomic E-state index is 0.0445. The number of nitrogens with one attached hydrogen (secondary N) is 1. The molecule has 244 valence electrons. The predicted octanol–water partition coefficient (Wildman–Crippen LogP) is 4.17. The van der Waals surface area contributed by atoms with Crippen molar-refractivity contribution in [3.05, 3.63) is 78.1 Å². The lowest BCUT2D eigenvalue weighted by Crippen LogP contribution is -2.41. The van der Waals surface area contributed by atoms with Crippen LogP contribution in [0, 0.1) is 0 Å². The molecule has 2 aliphatic rings. The molecule has 0 saturated carbocycles. The minimum Gasteiger partial charge on any atom is -0.450 e. The predicted molar refractivity (Wildman–Crippen MR) is 162 cm³/mol. The van der Waals surface area contributed by atoms with Gasteiger partial charge in [0.1, 0.15) is 12.2 Å². The average molecular weight is 641 g/mol. The van der Waals surface area contributed by atoms with Gasteiger partial charge in [0.05, 0.1) is 12.9 Å². The van der Waals surface area contributed by atoms with Crippen molar-refractivity contribution in [1.29, 1.82) is 0 Å². The maximum absolute atomic E-state index is 13.0. The Morgan fingerprint density at radius 3 is 2.22 bits per heavy atom. The van der Waals surface area contributed by atoms with Crippen LogP contribution in [0.25, 0.3) is 11.2 Å². The topological polar surface area (TPSA) is 135 Å². The Hall–Kier alpha value is -4.27. The highest BCUT2D eigenvalue weighted by atomic mass is 19.4. The highest BCUT2D eigenvalue weighted by molar-refractivity contribution is 5.84. The number of anilines is 2. The number of rotatable bonds is 9. The van der Waals surface area contributed by atoms with Crippen LogP contribution in [0.3, 0.4) is 0 Å². The molecule has 2 aromatic heterocycles. The third-order valence-electron chi connectivity index (χ3n) is 8.71. The van der Waals surface area contributed by atoms with Gasteiger partial charge in [-0.2, -0.15) is 23.1 Å². The van der Waals surface area contributed by atoms with Crippen LogP contribution in [0.1, 0.15) is 50.0 Å². The fourth-order valence-corrected chi connectivity index (χ4v) is 6.35. The number of aliphatic hydroxyl groups excluding tert-OH is 2. The van der Waals surface area contributed by atoms with Crippen molar-refractivity contribution in [3.63, 3.8) is 0 Å². The first kappa shape index (κ1) is 31.7. The number of hydrogen-bond donors (Lipinski definition) is 3. The molecule has 0 amide bonds. The van der Waals surface area contributed by atoms with Crippen molar-refractivity contribution in [1.82, 2.24) is 19.5 Å². The summed E-state index contributed by atoms with van der Waals surface area (Å²) >= 11 is 0. The highest BCUT2D eigenvalue weighted by Gasteiger charge is 2.51. The van der Waals surface area contributed by atoms with Gasteiger partial charge in [0.25, 0.3) is 0 Å². The maximum Gasteiger partial charge on any atom is 0.490 e. The first-order chi connectivity index (χ1) is 22.1. The SMILES string of the molecule is CC1CCC(C)N1c1nc(NCC(c2ccccc2)c2ccccc2)c2ncn([C@@H]3O[C@H](CO)[C@@H](OC(=O)C(F)(F)F)[C@H]3O)c2n1. The van der Waals surface area contributed by atoms with Gasteiger partial charge in [0.15, 0.2) is 29.3 Å². The Bertz CT molecular complexity index is 1610. The number of ether oxygens (including phenoxy) is 2. The second kappa shape index (κ2) is 12.9. The van der Waals surface area contributed by atoms with E-state index in [1.165, 1.54) is 10.9 Å². The molecule has 46 heavy (non-hydrogen) atoms. The molecule has 0 bridgehead atoms. The number of esters is 1. The summed E-state index contributed by atoms with van der Waals surface area (Å²) in [5, 5.41) is 24.4. The highest BCUT2D eigenvalue weighted by Crippen LogP contribution is 2.37. The van der Waals surface area contributed by atoms with Crippen LogP contribution in [-0.2, 0) is 14.3 Å². The molecule has 2 unspecified atom stereocenters. The molecule has 0 radical (unpaired) electrons. The van der Waals surface area contributed by atoms with E-state index in [1.807, 2.05) is 36.4 Å². The molecule has 14 heteroatoms. The quantitative estimate of drug-likeness (QED) is 0.229. The van der Waals surface area contributed by atoms with E-state index in [0.29, 0.717) is 23.8 Å². The van der Waals surface area contributed by atoms with Gasteiger partial charge in [-0.3, -0.25) is 4.57 Å². The van der Waals surface area contributed by atoms with E-state index < -0.39 is 43.3 Å². The van der Waals surface area contributed by atoms with Crippen molar-refractivity contribution < 1.29 is 37.7 Å². The van der Waals surface area contributed by atoms with E-state index in [2.05, 4.69) is 58.1 Å². The third kappa shape index (κ3) is 6.11. The van der Waals surface area contributed by atoms with Crippen LogP contribution in [0.2, 0.25) is 0 Å². The van der Waals surface area contributed by atoms with Crippen LogP contribution < -0.4 is 10.2 Å². The average Bonchev–Trinajstić information content (AvgIpc) is 3.72. The number of aromatic nitrogens is 4. The number of halogens is 3. The fourth-order valence-electron chi connectivity index (χ4n) is 6.35. The molecule has 0 spiro atoms. The number of benzene rings is 2. The molecule has 3 N–H and O–H groups in total. The second-order valence-electron chi connectivity index (χ2n) is 11.7. The van der Waals surface area contributed by atoms with Crippen LogP contribution in [0.5, 0.6) is 0 Å². The van der Waals surface area contributed by atoms with Crippen LogP contribution >= 0.6 is 0 Å². The summed E-state index contributed by atoms with van der Waals surface area (Å²) in [6.45, 7) is 3.81. The van der Waals surface area contributed by atoms with E-state index in [9.17, 15) is 28.2 Å². The summed E-state index contributed by atoms with van der Waals surface area (Å²) in [6.07, 6.45) is -8.40. The van der Waals surface area contributed by atoms with Crippen LogP contribution in [0.15, 0.2) is 67.0 Å². The summed E-state index contributed by atoms with van der Waals surface area (Å²) in [7, 11) is 0. The molecule has 2 aliphatic heterocycles. The molecule has 6 atom stereocenters. The smallest absolute Gasteiger partial charge is 0.450 e. The zero-order valence-corrected chi connectivity index (χ0v) is 25.2. The largest absolute Gasteiger partial charge is 0.490 e. The van der Waals surface area contributed by atoms with Gasteiger partial charge in [-0.1, -0.05) is 60.7 Å². The Balaban J connectivity index is 1.38. The lowest BCUT2D eigenvalue weighted by atomic mass is 9.91. The molecular formula is C32H35F3N6O5. The molecule has 4 heterocycles. The monoisotopic (exact) mass is 640 g/mol. The van der Waals surface area contributed by atoms with E-state index >= 15 is 0 Å². The van der Waals surface area contributed by atoms with Crippen molar-refractivity contribution in [2.75, 3.05) is 23.4 Å². The summed E-state index contributed by atoms with van der Waals surface area (Å²) in [6, 6.07) is 20.3. The lowest BCUT2D eigenvalue weighted by Gasteiger charge is -2.27. The summed E-state index contributed by atoms with van der Waals surface area (Å²) in [4.78, 5) is 27.9. The Morgan fingerprint density at radius 1 is 1.04 bits per heavy atom. The maximum atomic E-state index is 13.0. The summed E-state index contributed by atoms with van der Waals surface area (Å²) in [5.41, 5.74) is 2.78. The Kier molecular flexibility index (Phi) is 8.86. The number of nitrogens with zero attached hydrogens (tertiary/aromatic N) is 5. The number of fused-ring (bicyclic) bond motifs is 1. The minimum atomic E-state index is -5.29. The molecule has 0 aliphatic carbocycles. The first-order valence-corrected chi connectivity index (χ1v) is 15.2. The number of carbonyl (C=O) groups excluding carboxylic acids is 1. The van der Waals surface area contributed by atoms with Gasteiger partial charge in [0.2, 0.25) is 5.95 Å². The van der Waals surface area contributed by atoms with Gasteiger partial charge >= 0.3 is 12.1 Å². The normalized spacial score (nSPS) is 25.0. The van der Waals surface area contributed by atoms with E-state index in [0.717, 1.165) is 24.0 Å². The molecule has 2 aromatic carbocycles. The summed E-state index contributed by atoms with van der Waals surface area (Å²) < 4.78 is 50.6. The molecule has 6 rings (SSSR count). The Labute approximate surface area is 263 Å². The zero-order chi connectivity index (χ0) is 32.6. The Morgan fingerprint density at radius 2 is 1.65 bits per heavy atom. The van der Waals surface area contributed by atoms with Crippen LogP contribution in [0.4, 0.5) is 24.9 Å². The fraction of sp³-hybridized carbons (Fsp3) is 0.438. The van der Waals surface area contributed by atoms with E-state index in [-0.39, 0.29) is 23.6 Å². The summed E-state index contributed by atoms with van der Waals surface area (Å²) in [5.74, 6) is -1.70. The van der Waals surface area contributed by atoms with Crippen molar-refractivity contribution in [2.45, 2.75) is 75.4 Å². The van der Waals surface area contributed by atoms with Crippen molar-refractivity contribution >= 4 is 28.9 Å². The van der Waals surface area contributed by atoms with Gasteiger partial charge in [-0.15, -0.1) is 0 Å². The van der Waals surface area contributed by atoms with E-state index in [1.54, 1.807) is 0 Å². The lowest BCUT2D eigenvalue weighted by molar-refractivity contribution is -0.210. The standard InChI is InChI=1S/C32H35F3N6O5/c1-18-13-14-19(2)41(18)31-38-27(36-15-22(20-9-5-3-6-10-20)21-11-7-4-8-12-21)24-28(39-31)40(17-37-24)29-25(43)26(23(16-42)45-29)46-30(44)32(33,34)35/h3-12,17-19,22-23,25-26,29,42-43H,13-16H2,1-2H3,(H,36,38,39)/t18?,19?,23-,25-,26-,29-/m1/s1. The van der Waals surface area contributed by atoms with Crippen molar-refractivity contribution in [3.8, 4) is 0 Å². The van der Waals surface area contributed by atoms with Gasteiger partial charge in [-0.05, 0) is 37.8 Å². The third-order valence-corrected chi connectivity index (χ3v) is 8.71. The molecule has 4 aromatic rings. The van der Waals surface area contributed by atoms with Crippen LogP contribution in [-0.4, -0.2) is 85.4 Å². The number of aliphatic hydroxyl groups is 2. The number of carbonyl (C=O) groups is 1. The molecule has 2 saturated heterocycles. The molecule has 11 nitrogen and oxygen atoms in total. The van der Waals surface area contributed by atoms with Gasteiger partial charge < -0.3 is 29.9 Å². The van der Waals surface area contributed by atoms with Crippen molar-refractivity contribution in [2.24, 2.45) is 0 Å². The van der Waals surface area contributed by atoms with Gasteiger partial charge in [0, 0.05) is 24.5 Å². The van der Waals surface area contributed by atoms with Gasteiger partial charge in [-0.25, -0.2) is 9.78 Å². The number of alkyl halides is 3. The van der Waals surface area contributed by atoms with E-state index in [4.69, 9.17) is 14.7 Å². The first-order valence-electron chi connectivity index (χ1n) is 15.2. The number of imidazole rings is 1.